The number of fused-ring (bicyclic) bond motifs is 1. The molecular formula is C9H8BrClN2. The van der Waals surface area contributed by atoms with Gasteiger partial charge in [-0.1, -0.05) is 27.5 Å². The lowest BCUT2D eigenvalue weighted by Gasteiger charge is -2.00. The van der Waals surface area contributed by atoms with Crippen molar-refractivity contribution in [1.82, 2.24) is 9.78 Å². The number of hydrogen-bond acceptors (Lipinski definition) is 1. The van der Waals surface area contributed by atoms with Gasteiger partial charge in [-0.05, 0) is 19.1 Å². The molecule has 0 saturated carbocycles. The van der Waals surface area contributed by atoms with Crippen molar-refractivity contribution in [3.63, 3.8) is 0 Å². The fourth-order valence-corrected chi connectivity index (χ4v) is 2.32. The van der Waals surface area contributed by atoms with Crippen LogP contribution in [0.15, 0.2) is 22.8 Å². The molecule has 0 amide bonds. The zero-order valence-electron chi connectivity index (χ0n) is 7.09. The van der Waals surface area contributed by atoms with Gasteiger partial charge in [0.05, 0.1) is 16.7 Å². The highest BCUT2D eigenvalue weighted by atomic mass is 79.9. The Morgan fingerprint density at radius 1 is 1.54 bits per heavy atom. The van der Waals surface area contributed by atoms with Crippen molar-refractivity contribution in [3.05, 3.63) is 27.8 Å². The molecule has 2 nitrogen and oxygen atoms in total. The van der Waals surface area contributed by atoms with Crippen molar-refractivity contribution in [1.29, 1.82) is 0 Å². The van der Waals surface area contributed by atoms with Crippen LogP contribution in [0.25, 0.3) is 10.9 Å². The number of halogens is 2. The van der Waals surface area contributed by atoms with Crippen molar-refractivity contribution in [2.45, 2.75) is 13.5 Å². The second-order valence-corrected chi connectivity index (χ2v) is 4.11. The zero-order chi connectivity index (χ0) is 9.42. The normalized spacial score (nSPS) is 11.0. The fraction of sp³-hybridized carbons (Fsp3) is 0.222. The number of hydrogen-bond donors (Lipinski definition) is 0. The lowest BCUT2D eigenvalue weighted by molar-refractivity contribution is 0.684. The van der Waals surface area contributed by atoms with E-state index in [0.29, 0.717) is 0 Å². The van der Waals surface area contributed by atoms with Crippen molar-refractivity contribution in [3.8, 4) is 0 Å². The Balaban J connectivity index is 2.82. The maximum absolute atomic E-state index is 6.10. The van der Waals surface area contributed by atoms with Gasteiger partial charge in [0.25, 0.3) is 0 Å². The van der Waals surface area contributed by atoms with Gasteiger partial charge >= 0.3 is 0 Å². The second kappa shape index (κ2) is 3.31. The molecule has 0 bridgehead atoms. The van der Waals surface area contributed by atoms with Gasteiger partial charge in [-0.2, -0.15) is 5.10 Å². The van der Waals surface area contributed by atoms with E-state index >= 15 is 0 Å². The third kappa shape index (κ3) is 1.46. The molecule has 0 unspecified atom stereocenters. The lowest BCUT2D eigenvalue weighted by atomic mass is 10.2. The Morgan fingerprint density at radius 3 is 3.00 bits per heavy atom. The minimum Gasteiger partial charge on any atom is -0.264 e. The topological polar surface area (TPSA) is 17.8 Å². The maximum atomic E-state index is 6.10. The van der Waals surface area contributed by atoms with Crippen LogP contribution in [-0.4, -0.2) is 9.78 Å². The first kappa shape index (κ1) is 9.03. The highest BCUT2D eigenvalue weighted by molar-refractivity contribution is 9.10. The molecule has 0 spiro atoms. The van der Waals surface area contributed by atoms with Crippen LogP contribution in [0.1, 0.15) is 6.92 Å². The molecule has 68 valence electrons. The van der Waals surface area contributed by atoms with Gasteiger partial charge in [0.1, 0.15) is 0 Å². The molecule has 2 aromatic rings. The van der Waals surface area contributed by atoms with Crippen molar-refractivity contribution < 1.29 is 0 Å². The van der Waals surface area contributed by atoms with Gasteiger partial charge in [0.15, 0.2) is 0 Å². The average molecular weight is 260 g/mol. The minimum absolute atomic E-state index is 0.740. The molecule has 0 N–H and O–H groups in total. The van der Waals surface area contributed by atoms with E-state index < -0.39 is 0 Å². The molecule has 13 heavy (non-hydrogen) atoms. The van der Waals surface area contributed by atoms with Crippen molar-refractivity contribution >= 4 is 38.4 Å². The first-order valence-electron chi connectivity index (χ1n) is 4.03. The molecule has 1 aromatic carbocycles. The molecule has 0 radical (unpaired) electrons. The van der Waals surface area contributed by atoms with E-state index in [9.17, 15) is 0 Å². The molecule has 4 heteroatoms. The van der Waals surface area contributed by atoms with E-state index in [1.54, 1.807) is 0 Å². The summed E-state index contributed by atoms with van der Waals surface area (Å²) in [4.78, 5) is 0. The third-order valence-corrected chi connectivity index (χ3v) is 2.70. The van der Waals surface area contributed by atoms with Gasteiger partial charge in [-0.15, -0.1) is 0 Å². The standard InChI is InChI=1S/C9H8BrClN2/c1-2-13-9-6(5-12-13)3-7(10)4-8(9)11/h3-5H,2H2,1H3. The Bertz CT molecular complexity index is 450. The zero-order valence-corrected chi connectivity index (χ0v) is 9.43. The molecule has 0 saturated heterocycles. The smallest absolute Gasteiger partial charge is 0.0869 e. The largest absolute Gasteiger partial charge is 0.264 e. The summed E-state index contributed by atoms with van der Waals surface area (Å²) in [6.07, 6.45) is 1.83. The van der Waals surface area contributed by atoms with Crippen LogP contribution in [0.3, 0.4) is 0 Å². The molecule has 0 atom stereocenters. The van der Waals surface area contributed by atoms with Gasteiger partial charge in [-0.3, -0.25) is 4.68 Å². The molecule has 2 rings (SSSR count). The summed E-state index contributed by atoms with van der Waals surface area (Å²) in [6, 6.07) is 3.90. The summed E-state index contributed by atoms with van der Waals surface area (Å²) in [6.45, 7) is 2.88. The third-order valence-electron chi connectivity index (χ3n) is 1.95. The van der Waals surface area contributed by atoms with Gasteiger partial charge < -0.3 is 0 Å². The van der Waals surface area contributed by atoms with Crippen LogP contribution in [0.4, 0.5) is 0 Å². The molecular weight excluding hydrogens is 251 g/mol. The fourth-order valence-electron chi connectivity index (χ4n) is 1.39. The van der Waals surface area contributed by atoms with E-state index in [2.05, 4.69) is 21.0 Å². The van der Waals surface area contributed by atoms with Crippen LogP contribution < -0.4 is 0 Å². The number of aryl methyl sites for hydroxylation is 1. The summed E-state index contributed by atoms with van der Waals surface area (Å²) in [7, 11) is 0. The summed E-state index contributed by atoms with van der Waals surface area (Å²) in [5, 5.41) is 6.04. The predicted molar refractivity (Wildman–Crippen MR) is 58.1 cm³/mol. The maximum Gasteiger partial charge on any atom is 0.0869 e. The first-order chi connectivity index (χ1) is 6.22. The highest BCUT2D eigenvalue weighted by Gasteiger charge is 2.06. The van der Waals surface area contributed by atoms with Crippen LogP contribution in [0.2, 0.25) is 5.02 Å². The minimum atomic E-state index is 0.740. The van der Waals surface area contributed by atoms with Gasteiger partial charge in [0, 0.05) is 16.4 Å². The highest BCUT2D eigenvalue weighted by Crippen LogP contribution is 2.27. The van der Waals surface area contributed by atoms with E-state index in [0.717, 1.165) is 26.9 Å². The number of rotatable bonds is 1. The van der Waals surface area contributed by atoms with Gasteiger partial charge in [0.2, 0.25) is 0 Å². The first-order valence-corrected chi connectivity index (χ1v) is 5.20. The summed E-state index contributed by atoms with van der Waals surface area (Å²) >= 11 is 9.49. The van der Waals surface area contributed by atoms with E-state index in [4.69, 9.17) is 11.6 Å². The summed E-state index contributed by atoms with van der Waals surface area (Å²) in [5.41, 5.74) is 1.01. The molecule has 0 aliphatic rings. The predicted octanol–water partition coefficient (Wildman–Crippen LogP) is 3.47. The lowest BCUT2D eigenvalue weighted by Crippen LogP contribution is -1.95. The molecule has 0 aliphatic heterocycles. The number of benzene rings is 1. The Hall–Kier alpha value is -0.540. The van der Waals surface area contributed by atoms with Crippen molar-refractivity contribution in [2.75, 3.05) is 0 Å². The average Bonchev–Trinajstić information content (AvgIpc) is 2.47. The molecule has 1 heterocycles. The van der Waals surface area contributed by atoms with Gasteiger partial charge in [-0.25, -0.2) is 0 Å². The van der Waals surface area contributed by atoms with Crippen LogP contribution >= 0.6 is 27.5 Å². The molecule has 1 aromatic heterocycles. The molecule has 0 fully saturated rings. The quantitative estimate of drug-likeness (QED) is 0.767. The summed E-state index contributed by atoms with van der Waals surface area (Å²) in [5.74, 6) is 0. The van der Waals surface area contributed by atoms with Crippen LogP contribution in [0, 0.1) is 0 Å². The Morgan fingerprint density at radius 2 is 2.31 bits per heavy atom. The van der Waals surface area contributed by atoms with E-state index in [1.807, 2.05) is 29.9 Å². The number of aromatic nitrogens is 2. The van der Waals surface area contributed by atoms with E-state index in [1.165, 1.54) is 0 Å². The van der Waals surface area contributed by atoms with E-state index in [-0.39, 0.29) is 0 Å². The van der Waals surface area contributed by atoms with Crippen LogP contribution in [-0.2, 0) is 6.54 Å². The SMILES string of the molecule is CCn1ncc2cc(Br)cc(Cl)c21. The van der Waals surface area contributed by atoms with Crippen molar-refractivity contribution in [2.24, 2.45) is 0 Å². The molecule has 0 aliphatic carbocycles. The Labute approximate surface area is 89.6 Å². The van der Waals surface area contributed by atoms with Crippen LogP contribution in [0.5, 0.6) is 0 Å². The monoisotopic (exact) mass is 258 g/mol. The Kier molecular flexibility index (Phi) is 2.30. The summed E-state index contributed by atoms with van der Waals surface area (Å²) < 4.78 is 2.88. The number of nitrogens with zero attached hydrogens (tertiary/aromatic N) is 2. The second-order valence-electron chi connectivity index (χ2n) is 2.79.